The van der Waals surface area contributed by atoms with Crippen molar-refractivity contribution in [2.75, 3.05) is 0 Å². The standard InChI is InChI=1S/C28H39NO/c1-23(30)17-12-10-8-6-4-2-3-5-7-9-11-13-18-24-19-16-21-26-25-20-14-15-22-27(25)29-28(24)26/h14-16,19-22,29H,2-13,17-18H2,1H3. The number of carbonyl (C=O) groups excluding carboxylic acids is 1. The smallest absolute Gasteiger partial charge is 0.129 e. The summed E-state index contributed by atoms with van der Waals surface area (Å²) in [6.07, 6.45) is 17.8. The molecule has 0 aliphatic rings. The van der Waals surface area contributed by atoms with E-state index >= 15 is 0 Å². The number of hydrogen-bond donors (Lipinski definition) is 1. The fraction of sp³-hybridized carbons (Fsp3) is 0.536. The lowest BCUT2D eigenvalue weighted by molar-refractivity contribution is -0.117. The summed E-state index contributed by atoms with van der Waals surface area (Å²) in [5, 5.41) is 2.70. The highest BCUT2D eigenvalue weighted by molar-refractivity contribution is 6.08. The molecule has 0 unspecified atom stereocenters. The van der Waals surface area contributed by atoms with Gasteiger partial charge in [0.25, 0.3) is 0 Å². The minimum absolute atomic E-state index is 0.338. The van der Waals surface area contributed by atoms with E-state index in [1.54, 1.807) is 6.92 Å². The van der Waals surface area contributed by atoms with E-state index in [2.05, 4.69) is 47.4 Å². The minimum Gasteiger partial charge on any atom is -0.354 e. The normalized spacial score (nSPS) is 11.5. The molecular weight excluding hydrogens is 366 g/mol. The average Bonchev–Trinajstić information content (AvgIpc) is 3.13. The highest BCUT2D eigenvalue weighted by atomic mass is 16.1. The SMILES string of the molecule is CC(=O)CCCCCCCCCCCCCCc1cccc2c1[nH]c1ccccc12. The molecule has 0 radical (unpaired) electrons. The number of Topliss-reactive ketones (excluding diaryl/α,β-unsaturated/α-hetero) is 1. The molecule has 0 aliphatic heterocycles. The topological polar surface area (TPSA) is 32.9 Å². The van der Waals surface area contributed by atoms with Crippen LogP contribution in [0.3, 0.4) is 0 Å². The van der Waals surface area contributed by atoms with Crippen LogP contribution in [0, 0.1) is 0 Å². The molecule has 2 heteroatoms. The molecule has 0 fully saturated rings. The lowest BCUT2D eigenvalue weighted by Crippen LogP contribution is -1.89. The van der Waals surface area contributed by atoms with E-state index in [1.807, 2.05) is 0 Å². The van der Waals surface area contributed by atoms with Crippen LogP contribution in [0.25, 0.3) is 21.8 Å². The van der Waals surface area contributed by atoms with Crippen molar-refractivity contribution in [3.8, 4) is 0 Å². The predicted molar refractivity (Wildman–Crippen MR) is 130 cm³/mol. The Morgan fingerprint density at radius 3 is 1.90 bits per heavy atom. The van der Waals surface area contributed by atoms with Gasteiger partial charge in [-0.15, -0.1) is 0 Å². The van der Waals surface area contributed by atoms with Crippen molar-refractivity contribution in [3.05, 3.63) is 48.0 Å². The number of aromatic amines is 1. The van der Waals surface area contributed by atoms with Gasteiger partial charge in [0.2, 0.25) is 0 Å². The van der Waals surface area contributed by atoms with Gasteiger partial charge in [-0.25, -0.2) is 0 Å². The van der Waals surface area contributed by atoms with E-state index < -0.39 is 0 Å². The third-order valence-electron chi connectivity index (χ3n) is 6.35. The highest BCUT2D eigenvalue weighted by Crippen LogP contribution is 2.28. The van der Waals surface area contributed by atoms with Crippen LogP contribution in [0.1, 0.15) is 96.0 Å². The summed E-state index contributed by atoms with van der Waals surface area (Å²) in [4.78, 5) is 14.5. The first-order chi connectivity index (χ1) is 14.8. The van der Waals surface area contributed by atoms with Gasteiger partial charge in [0.15, 0.2) is 0 Å². The molecule has 0 aliphatic carbocycles. The predicted octanol–water partition coefficient (Wildman–Crippen LogP) is 8.52. The Balaban J connectivity index is 1.23. The zero-order valence-corrected chi connectivity index (χ0v) is 18.8. The number of rotatable bonds is 15. The van der Waals surface area contributed by atoms with Gasteiger partial charge in [0.05, 0.1) is 0 Å². The number of H-pyrrole nitrogens is 1. The first kappa shape index (κ1) is 22.6. The molecule has 0 atom stereocenters. The monoisotopic (exact) mass is 405 g/mol. The molecule has 162 valence electrons. The first-order valence-electron chi connectivity index (χ1n) is 12.2. The molecule has 0 saturated carbocycles. The Hall–Kier alpha value is -2.09. The summed E-state index contributed by atoms with van der Waals surface area (Å²) in [6, 6.07) is 15.4. The van der Waals surface area contributed by atoms with Gasteiger partial charge in [-0.3, -0.25) is 0 Å². The summed E-state index contributed by atoms with van der Waals surface area (Å²) in [7, 11) is 0. The Kier molecular flexibility index (Phi) is 9.47. The number of para-hydroxylation sites is 2. The quantitative estimate of drug-likeness (QED) is 0.252. The molecule has 2 nitrogen and oxygen atoms in total. The van der Waals surface area contributed by atoms with Crippen molar-refractivity contribution in [2.24, 2.45) is 0 Å². The number of aromatic nitrogens is 1. The number of ketones is 1. The summed E-state index contributed by atoms with van der Waals surface area (Å²) in [5.74, 6) is 0.338. The molecular formula is C28H39NO. The van der Waals surface area contributed by atoms with Crippen molar-refractivity contribution in [1.29, 1.82) is 0 Å². The minimum atomic E-state index is 0.338. The molecule has 3 aromatic rings. The van der Waals surface area contributed by atoms with Gasteiger partial charge >= 0.3 is 0 Å². The second kappa shape index (κ2) is 12.6. The molecule has 30 heavy (non-hydrogen) atoms. The van der Waals surface area contributed by atoms with E-state index in [4.69, 9.17) is 0 Å². The van der Waals surface area contributed by atoms with Gasteiger partial charge in [-0.05, 0) is 37.8 Å². The Bertz CT molecular complexity index is 907. The summed E-state index contributed by atoms with van der Waals surface area (Å²) < 4.78 is 0. The van der Waals surface area contributed by atoms with Gasteiger partial charge in [0, 0.05) is 28.2 Å². The second-order valence-electron chi connectivity index (χ2n) is 8.95. The number of unbranched alkanes of at least 4 members (excludes halogenated alkanes) is 11. The maximum atomic E-state index is 10.9. The Morgan fingerprint density at radius 1 is 0.667 bits per heavy atom. The number of hydrogen-bond acceptors (Lipinski definition) is 1. The average molecular weight is 406 g/mol. The van der Waals surface area contributed by atoms with Crippen LogP contribution in [0.5, 0.6) is 0 Å². The van der Waals surface area contributed by atoms with Crippen molar-refractivity contribution in [3.63, 3.8) is 0 Å². The van der Waals surface area contributed by atoms with Crippen LogP contribution < -0.4 is 0 Å². The van der Waals surface area contributed by atoms with E-state index in [1.165, 1.54) is 104 Å². The van der Waals surface area contributed by atoms with E-state index in [0.29, 0.717) is 5.78 Å². The van der Waals surface area contributed by atoms with Crippen LogP contribution in [0.4, 0.5) is 0 Å². The largest absolute Gasteiger partial charge is 0.354 e. The number of nitrogens with one attached hydrogen (secondary N) is 1. The molecule has 1 N–H and O–H groups in total. The fourth-order valence-electron chi connectivity index (χ4n) is 4.60. The first-order valence-corrected chi connectivity index (χ1v) is 12.2. The van der Waals surface area contributed by atoms with Crippen LogP contribution in [-0.4, -0.2) is 10.8 Å². The van der Waals surface area contributed by atoms with Crippen molar-refractivity contribution < 1.29 is 4.79 Å². The lowest BCUT2D eigenvalue weighted by atomic mass is 10.0. The molecule has 0 saturated heterocycles. The number of carbonyl (C=O) groups is 1. The highest BCUT2D eigenvalue weighted by Gasteiger charge is 2.07. The third-order valence-corrected chi connectivity index (χ3v) is 6.35. The van der Waals surface area contributed by atoms with Gasteiger partial charge in [0.1, 0.15) is 5.78 Å². The summed E-state index contributed by atoms with van der Waals surface area (Å²) in [6.45, 7) is 1.70. The van der Waals surface area contributed by atoms with Crippen LogP contribution in [-0.2, 0) is 11.2 Å². The van der Waals surface area contributed by atoms with Crippen molar-refractivity contribution in [1.82, 2.24) is 4.98 Å². The van der Waals surface area contributed by atoms with Gasteiger partial charge in [-0.1, -0.05) is 101 Å². The molecule has 3 rings (SSSR count). The van der Waals surface area contributed by atoms with Crippen LogP contribution >= 0.6 is 0 Å². The molecule has 1 heterocycles. The van der Waals surface area contributed by atoms with Crippen molar-refractivity contribution >= 4 is 27.6 Å². The van der Waals surface area contributed by atoms with Crippen LogP contribution in [0.15, 0.2) is 42.5 Å². The lowest BCUT2D eigenvalue weighted by Gasteiger charge is -2.05. The van der Waals surface area contributed by atoms with E-state index in [9.17, 15) is 4.79 Å². The van der Waals surface area contributed by atoms with Gasteiger partial charge in [-0.2, -0.15) is 0 Å². The van der Waals surface area contributed by atoms with Crippen molar-refractivity contribution in [2.45, 2.75) is 96.8 Å². The Labute approximate surface area is 182 Å². The van der Waals surface area contributed by atoms with Gasteiger partial charge < -0.3 is 9.78 Å². The third kappa shape index (κ3) is 7.00. The number of benzene rings is 2. The van der Waals surface area contributed by atoms with Crippen LogP contribution in [0.2, 0.25) is 0 Å². The summed E-state index contributed by atoms with van der Waals surface area (Å²) in [5.41, 5.74) is 4.04. The summed E-state index contributed by atoms with van der Waals surface area (Å²) >= 11 is 0. The molecule has 0 spiro atoms. The fourth-order valence-corrected chi connectivity index (χ4v) is 4.60. The number of aryl methyl sites for hydroxylation is 1. The van der Waals surface area contributed by atoms with E-state index in [0.717, 1.165) is 12.8 Å². The van der Waals surface area contributed by atoms with E-state index in [-0.39, 0.29) is 0 Å². The molecule has 2 aromatic carbocycles. The molecule has 0 amide bonds. The maximum absolute atomic E-state index is 10.9. The zero-order valence-electron chi connectivity index (χ0n) is 18.8. The molecule has 1 aromatic heterocycles. The maximum Gasteiger partial charge on any atom is 0.129 e. The molecule has 0 bridgehead atoms. The zero-order chi connectivity index (χ0) is 21.0. The number of fused-ring (bicyclic) bond motifs is 3. The Morgan fingerprint density at radius 2 is 1.23 bits per heavy atom. The second-order valence-corrected chi connectivity index (χ2v) is 8.95.